The van der Waals surface area contributed by atoms with Gasteiger partial charge in [0.25, 0.3) is 0 Å². The molecule has 1 heteroatoms. The van der Waals surface area contributed by atoms with Crippen molar-refractivity contribution in [3.63, 3.8) is 0 Å². The smallest absolute Gasteiger partial charge is 0.0433 e. The van der Waals surface area contributed by atoms with Crippen LogP contribution in [0.4, 0.5) is 0 Å². The predicted molar refractivity (Wildman–Crippen MR) is 128 cm³/mol. The van der Waals surface area contributed by atoms with Gasteiger partial charge in [0.2, 0.25) is 0 Å². The van der Waals surface area contributed by atoms with E-state index in [0.29, 0.717) is 12.5 Å². The Balaban J connectivity index is 1.88. The molecule has 0 saturated carbocycles. The second-order valence-electron chi connectivity index (χ2n) is 10.6. The first-order chi connectivity index (χ1) is 13.6. The van der Waals surface area contributed by atoms with Gasteiger partial charge in [-0.15, -0.1) is 0 Å². The Hall–Kier alpha value is -1.86. The summed E-state index contributed by atoms with van der Waals surface area (Å²) in [6.45, 7) is 14.1. The van der Waals surface area contributed by atoms with Gasteiger partial charge in [0.1, 0.15) is 0 Å². The number of aliphatic hydroxyl groups excluding tert-OH is 1. The van der Waals surface area contributed by atoms with Crippen molar-refractivity contribution >= 4 is 21.5 Å². The lowest BCUT2D eigenvalue weighted by Gasteiger charge is -2.26. The Bertz CT molecular complexity index is 975. The van der Waals surface area contributed by atoms with Crippen LogP contribution in [0.15, 0.2) is 48.5 Å². The third-order valence-corrected chi connectivity index (χ3v) is 6.56. The molecule has 0 heterocycles. The molecule has 1 nitrogen and oxygen atoms in total. The van der Waals surface area contributed by atoms with Gasteiger partial charge in [0.15, 0.2) is 0 Å². The van der Waals surface area contributed by atoms with Crippen molar-refractivity contribution in [3.8, 4) is 0 Å². The van der Waals surface area contributed by atoms with Crippen LogP contribution in [0.2, 0.25) is 0 Å². The van der Waals surface area contributed by atoms with E-state index < -0.39 is 0 Å². The number of hydrogen-bond acceptors (Lipinski definition) is 1. The molecule has 0 aromatic heterocycles. The van der Waals surface area contributed by atoms with Gasteiger partial charge in [-0.05, 0) is 74.4 Å². The molecule has 0 aliphatic rings. The van der Waals surface area contributed by atoms with Gasteiger partial charge in [-0.1, -0.05) is 90.8 Å². The molecule has 3 rings (SSSR count). The highest BCUT2D eigenvalue weighted by molar-refractivity contribution is 5.98. The molecule has 0 fully saturated rings. The quantitative estimate of drug-likeness (QED) is 0.409. The summed E-state index contributed by atoms with van der Waals surface area (Å²) in [6, 6.07) is 18.6. The molecule has 3 aromatic carbocycles. The van der Waals surface area contributed by atoms with E-state index in [9.17, 15) is 0 Å². The zero-order valence-corrected chi connectivity index (χ0v) is 19.2. The fourth-order valence-electron chi connectivity index (χ4n) is 4.29. The van der Waals surface area contributed by atoms with Crippen LogP contribution < -0.4 is 0 Å². The van der Waals surface area contributed by atoms with E-state index in [-0.39, 0.29) is 10.8 Å². The van der Waals surface area contributed by atoms with Crippen molar-refractivity contribution in [2.24, 2.45) is 5.92 Å². The fraction of sp³-hybridized carbons (Fsp3) is 0.500. The molecule has 0 spiro atoms. The molecule has 0 amide bonds. The Labute approximate surface area is 177 Å². The molecule has 0 radical (unpaired) electrons. The van der Waals surface area contributed by atoms with Gasteiger partial charge in [-0.2, -0.15) is 0 Å². The molecule has 3 aromatic rings. The summed E-state index contributed by atoms with van der Waals surface area (Å²) >= 11 is 0. The molecular weight excluding hydrogens is 352 g/mol. The van der Waals surface area contributed by atoms with Crippen LogP contribution in [-0.2, 0) is 10.8 Å². The van der Waals surface area contributed by atoms with Crippen LogP contribution in [0.5, 0.6) is 0 Å². The van der Waals surface area contributed by atoms with Crippen molar-refractivity contribution < 1.29 is 5.11 Å². The van der Waals surface area contributed by atoms with Gasteiger partial charge in [-0.3, -0.25) is 0 Å². The highest BCUT2D eigenvalue weighted by atomic mass is 16.3. The lowest BCUT2D eigenvalue weighted by molar-refractivity contribution is 0.254. The minimum atomic E-state index is 0.162. The largest absolute Gasteiger partial charge is 0.396 e. The summed E-state index contributed by atoms with van der Waals surface area (Å²) in [5.74, 6) is 0.607. The monoisotopic (exact) mass is 390 g/mol. The molecule has 29 heavy (non-hydrogen) atoms. The SMILES string of the molecule is CC(CCO)CCCC(C)(C)c1ccc2cc3ccc(C(C)(C)C)cc3cc2c1. The second kappa shape index (κ2) is 8.48. The third kappa shape index (κ3) is 5.20. The molecule has 1 unspecified atom stereocenters. The maximum Gasteiger partial charge on any atom is 0.0433 e. The molecule has 0 bridgehead atoms. The van der Waals surface area contributed by atoms with E-state index >= 15 is 0 Å². The van der Waals surface area contributed by atoms with Crippen LogP contribution in [0, 0.1) is 5.92 Å². The first-order valence-corrected chi connectivity index (χ1v) is 11.2. The zero-order chi connectivity index (χ0) is 21.2. The zero-order valence-electron chi connectivity index (χ0n) is 19.2. The molecule has 1 N–H and O–H groups in total. The first-order valence-electron chi connectivity index (χ1n) is 11.2. The van der Waals surface area contributed by atoms with Crippen LogP contribution in [0.3, 0.4) is 0 Å². The van der Waals surface area contributed by atoms with Crippen LogP contribution in [0.25, 0.3) is 21.5 Å². The summed E-state index contributed by atoms with van der Waals surface area (Å²) in [7, 11) is 0. The van der Waals surface area contributed by atoms with E-state index in [1.807, 2.05) is 0 Å². The van der Waals surface area contributed by atoms with Crippen molar-refractivity contribution in [2.75, 3.05) is 6.61 Å². The van der Waals surface area contributed by atoms with E-state index in [0.717, 1.165) is 6.42 Å². The summed E-state index contributed by atoms with van der Waals surface area (Å²) in [6.07, 6.45) is 4.49. The minimum absolute atomic E-state index is 0.162. The van der Waals surface area contributed by atoms with Crippen molar-refractivity contribution in [2.45, 2.75) is 78.1 Å². The standard InChI is InChI=1S/C28H38O/c1-20(13-15-29)8-7-14-28(5,6)26-12-10-22-16-21-9-11-25(27(2,3)4)18-23(21)17-24(22)19-26/h9-12,16-20,29H,7-8,13-15H2,1-6H3. The first kappa shape index (κ1) is 21.8. The summed E-state index contributed by atoms with van der Waals surface area (Å²) in [4.78, 5) is 0. The topological polar surface area (TPSA) is 20.2 Å². The number of benzene rings is 3. The van der Waals surface area contributed by atoms with Gasteiger partial charge < -0.3 is 5.11 Å². The van der Waals surface area contributed by atoms with Crippen LogP contribution >= 0.6 is 0 Å². The van der Waals surface area contributed by atoms with E-state index in [2.05, 4.69) is 90.1 Å². The van der Waals surface area contributed by atoms with Gasteiger partial charge in [-0.25, -0.2) is 0 Å². The maximum absolute atomic E-state index is 9.11. The maximum atomic E-state index is 9.11. The number of aliphatic hydroxyl groups is 1. The number of fused-ring (bicyclic) bond motifs is 2. The number of hydrogen-bond donors (Lipinski definition) is 1. The second-order valence-corrected chi connectivity index (χ2v) is 10.6. The molecule has 0 saturated heterocycles. The number of rotatable bonds is 7. The lowest BCUT2D eigenvalue weighted by Crippen LogP contribution is -2.17. The van der Waals surface area contributed by atoms with Crippen molar-refractivity contribution in [1.29, 1.82) is 0 Å². The van der Waals surface area contributed by atoms with E-state index in [1.165, 1.54) is 51.9 Å². The predicted octanol–water partition coefficient (Wildman–Crippen LogP) is 7.76. The van der Waals surface area contributed by atoms with E-state index in [1.54, 1.807) is 0 Å². The van der Waals surface area contributed by atoms with Gasteiger partial charge >= 0.3 is 0 Å². The molecular formula is C28H38O. The van der Waals surface area contributed by atoms with E-state index in [4.69, 9.17) is 5.11 Å². The fourth-order valence-corrected chi connectivity index (χ4v) is 4.29. The minimum Gasteiger partial charge on any atom is -0.396 e. The molecule has 1 atom stereocenters. The Morgan fingerprint density at radius 3 is 1.86 bits per heavy atom. The molecule has 0 aliphatic heterocycles. The highest BCUT2D eigenvalue weighted by Gasteiger charge is 2.21. The summed E-state index contributed by atoms with van der Waals surface area (Å²) in [5, 5.41) is 14.4. The Kier molecular flexibility index (Phi) is 6.39. The summed E-state index contributed by atoms with van der Waals surface area (Å²) < 4.78 is 0. The van der Waals surface area contributed by atoms with Gasteiger partial charge in [0.05, 0.1) is 0 Å². The van der Waals surface area contributed by atoms with Crippen molar-refractivity contribution in [1.82, 2.24) is 0 Å². The molecule has 156 valence electrons. The van der Waals surface area contributed by atoms with Gasteiger partial charge in [0, 0.05) is 6.61 Å². The van der Waals surface area contributed by atoms with Crippen LogP contribution in [0.1, 0.15) is 78.4 Å². The average molecular weight is 391 g/mol. The molecule has 0 aliphatic carbocycles. The van der Waals surface area contributed by atoms with Crippen LogP contribution in [-0.4, -0.2) is 11.7 Å². The lowest BCUT2D eigenvalue weighted by atomic mass is 9.78. The summed E-state index contributed by atoms with van der Waals surface area (Å²) in [5.41, 5.74) is 3.14. The van der Waals surface area contributed by atoms with Crippen molar-refractivity contribution in [3.05, 3.63) is 59.7 Å². The third-order valence-electron chi connectivity index (χ3n) is 6.56. The highest BCUT2D eigenvalue weighted by Crippen LogP contribution is 2.34. The normalized spacial score (nSPS) is 13.9. The Morgan fingerprint density at radius 1 is 0.724 bits per heavy atom. The average Bonchev–Trinajstić information content (AvgIpc) is 2.64. The Morgan fingerprint density at radius 2 is 1.28 bits per heavy atom.